The van der Waals surface area contributed by atoms with E-state index in [4.69, 9.17) is 14.2 Å². The lowest BCUT2D eigenvalue weighted by molar-refractivity contribution is -0.119. The van der Waals surface area contributed by atoms with Crippen LogP contribution in [0.3, 0.4) is 0 Å². The Morgan fingerprint density at radius 3 is 2.94 bits per heavy atom. The molecule has 0 bridgehead atoms. The maximum atomic E-state index is 13.2. The van der Waals surface area contributed by atoms with Crippen LogP contribution in [0.25, 0.3) is 11.3 Å². The van der Waals surface area contributed by atoms with E-state index in [1.807, 2.05) is 36.6 Å². The fourth-order valence-corrected chi connectivity index (χ4v) is 4.79. The Morgan fingerprint density at radius 1 is 1.21 bits per heavy atom. The number of thiazole rings is 1. The maximum Gasteiger partial charge on any atom is 0.258 e. The summed E-state index contributed by atoms with van der Waals surface area (Å²) in [5.74, 6) is 1.49. The van der Waals surface area contributed by atoms with Gasteiger partial charge in [-0.25, -0.2) is 4.98 Å². The number of para-hydroxylation sites is 1. The van der Waals surface area contributed by atoms with Crippen LogP contribution in [0.5, 0.6) is 17.2 Å². The number of rotatable bonds is 6. The SMILES string of the molecule is CCOc1ccccc1C(=O)N1CCCC1C(=O)Nc1nc(-c2ccc3c(c2)OCO3)cs1. The summed E-state index contributed by atoms with van der Waals surface area (Å²) >= 11 is 1.34. The van der Waals surface area contributed by atoms with Gasteiger partial charge >= 0.3 is 0 Å². The first-order valence-corrected chi connectivity index (χ1v) is 11.7. The molecule has 0 spiro atoms. The molecule has 1 atom stereocenters. The molecule has 2 aliphatic heterocycles. The molecule has 170 valence electrons. The van der Waals surface area contributed by atoms with Crippen molar-refractivity contribution in [1.29, 1.82) is 0 Å². The highest BCUT2D eigenvalue weighted by Crippen LogP contribution is 2.36. The van der Waals surface area contributed by atoms with E-state index in [2.05, 4.69) is 10.3 Å². The number of amides is 2. The predicted molar refractivity (Wildman–Crippen MR) is 124 cm³/mol. The zero-order chi connectivity index (χ0) is 22.8. The van der Waals surface area contributed by atoms with Crippen LogP contribution in [0.2, 0.25) is 0 Å². The first kappa shape index (κ1) is 21.3. The minimum absolute atomic E-state index is 0.197. The number of anilines is 1. The van der Waals surface area contributed by atoms with Crippen LogP contribution in [0.15, 0.2) is 47.8 Å². The van der Waals surface area contributed by atoms with Gasteiger partial charge in [0.25, 0.3) is 5.91 Å². The van der Waals surface area contributed by atoms with E-state index in [-0.39, 0.29) is 18.6 Å². The second-order valence-corrected chi connectivity index (χ2v) is 8.54. The highest BCUT2D eigenvalue weighted by Gasteiger charge is 2.35. The molecule has 1 fully saturated rings. The lowest BCUT2D eigenvalue weighted by Crippen LogP contribution is -2.43. The van der Waals surface area contributed by atoms with Crippen LogP contribution in [-0.2, 0) is 4.79 Å². The number of benzene rings is 2. The first-order chi connectivity index (χ1) is 16.1. The van der Waals surface area contributed by atoms with Gasteiger partial charge in [0.05, 0.1) is 17.9 Å². The van der Waals surface area contributed by atoms with Gasteiger partial charge < -0.3 is 24.4 Å². The largest absolute Gasteiger partial charge is 0.493 e. The number of nitrogens with one attached hydrogen (secondary N) is 1. The van der Waals surface area contributed by atoms with E-state index in [0.717, 1.165) is 17.7 Å². The van der Waals surface area contributed by atoms with Gasteiger partial charge in [0, 0.05) is 17.5 Å². The topological polar surface area (TPSA) is 90.0 Å². The van der Waals surface area contributed by atoms with Gasteiger partial charge in [-0.2, -0.15) is 0 Å². The minimum atomic E-state index is -0.551. The van der Waals surface area contributed by atoms with Crippen LogP contribution in [0.4, 0.5) is 5.13 Å². The Bertz CT molecular complexity index is 1190. The number of ether oxygens (including phenoxy) is 3. The number of hydrogen-bond acceptors (Lipinski definition) is 7. The number of aromatic nitrogens is 1. The molecule has 3 heterocycles. The van der Waals surface area contributed by atoms with Crippen molar-refractivity contribution >= 4 is 28.3 Å². The van der Waals surface area contributed by atoms with Gasteiger partial charge in [0.15, 0.2) is 16.6 Å². The third-order valence-corrected chi connectivity index (χ3v) is 6.39. The van der Waals surface area contributed by atoms with Gasteiger partial charge in [-0.15, -0.1) is 11.3 Å². The Balaban J connectivity index is 1.29. The fraction of sp³-hybridized carbons (Fsp3) is 0.292. The fourth-order valence-electron chi connectivity index (χ4n) is 4.07. The number of hydrogen-bond donors (Lipinski definition) is 1. The van der Waals surface area contributed by atoms with Crippen molar-refractivity contribution in [3.8, 4) is 28.5 Å². The van der Waals surface area contributed by atoms with E-state index in [0.29, 0.717) is 47.5 Å². The van der Waals surface area contributed by atoms with Crippen LogP contribution in [-0.4, -0.2) is 47.7 Å². The van der Waals surface area contributed by atoms with Gasteiger partial charge in [-0.1, -0.05) is 12.1 Å². The maximum absolute atomic E-state index is 13.2. The standard InChI is InChI=1S/C24H23N3O5S/c1-2-30-19-8-4-3-6-16(19)23(29)27-11-5-7-18(27)22(28)26-24-25-17(13-33-24)15-9-10-20-21(12-15)32-14-31-20/h3-4,6,8-10,12-13,18H,2,5,7,11,14H2,1H3,(H,25,26,28). The van der Waals surface area contributed by atoms with Crippen LogP contribution >= 0.6 is 11.3 Å². The lowest BCUT2D eigenvalue weighted by atomic mass is 10.1. The molecule has 0 radical (unpaired) electrons. The van der Waals surface area contributed by atoms with Gasteiger partial charge in [0.1, 0.15) is 11.8 Å². The third-order valence-electron chi connectivity index (χ3n) is 5.64. The van der Waals surface area contributed by atoms with Crippen molar-refractivity contribution in [3.05, 3.63) is 53.4 Å². The smallest absolute Gasteiger partial charge is 0.258 e. The second-order valence-electron chi connectivity index (χ2n) is 7.68. The minimum Gasteiger partial charge on any atom is -0.493 e. The van der Waals surface area contributed by atoms with E-state index in [1.54, 1.807) is 23.1 Å². The molecule has 2 aromatic carbocycles. The molecule has 0 aliphatic carbocycles. The molecule has 1 N–H and O–H groups in total. The molecule has 3 aromatic rings. The number of likely N-dealkylation sites (tertiary alicyclic amines) is 1. The number of nitrogens with zero attached hydrogens (tertiary/aromatic N) is 2. The number of fused-ring (bicyclic) bond motifs is 1. The summed E-state index contributed by atoms with van der Waals surface area (Å²) in [4.78, 5) is 32.5. The normalized spacial score (nSPS) is 16.6. The van der Waals surface area contributed by atoms with Crippen molar-refractivity contribution in [2.75, 3.05) is 25.3 Å². The second kappa shape index (κ2) is 9.11. The molecule has 8 nitrogen and oxygen atoms in total. The summed E-state index contributed by atoms with van der Waals surface area (Å²) in [5, 5.41) is 5.26. The van der Waals surface area contributed by atoms with E-state index in [9.17, 15) is 9.59 Å². The molecule has 2 aliphatic rings. The molecule has 1 aromatic heterocycles. The summed E-state index contributed by atoms with van der Waals surface area (Å²) in [5.41, 5.74) is 2.08. The Labute approximate surface area is 195 Å². The monoisotopic (exact) mass is 465 g/mol. The average molecular weight is 466 g/mol. The molecule has 2 amide bonds. The zero-order valence-electron chi connectivity index (χ0n) is 18.1. The molecule has 9 heteroatoms. The van der Waals surface area contributed by atoms with E-state index < -0.39 is 6.04 Å². The molecule has 0 saturated carbocycles. The van der Waals surface area contributed by atoms with Crippen molar-refractivity contribution < 1.29 is 23.8 Å². The average Bonchev–Trinajstić information content (AvgIpc) is 3.59. The summed E-state index contributed by atoms with van der Waals surface area (Å²) in [6.45, 7) is 3.07. The summed E-state index contributed by atoms with van der Waals surface area (Å²) in [6, 6.07) is 12.2. The van der Waals surface area contributed by atoms with Crippen LogP contribution in [0, 0.1) is 0 Å². The van der Waals surface area contributed by atoms with Crippen LogP contribution in [0.1, 0.15) is 30.1 Å². The predicted octanol–water partition coefficient (Wildman–Crippen LogP) is 4.18. The Hall–Kier alpha value is -3.59. The van der Waals surface area contributed by atoms with Gasteiger partial charge in [0.2, 0.25) is 12.7 Å². The number of carbonyl (C=O) groups excluding carboxylic acids is 2. The molecular formula is C24H23N3O5S. The summed E-state index contributed by atoms with van der Waals surface area (Å²) in [7, 11) is 0. The highest BCUT2D eigenvalue weighted by molar-refractivity contribution is 7.14. The highest BCUT2D eigenvalue weighted by atomic mass is 32.1. The first-order valence-electron chi connectivity index (χ1n) is 10.8. The van der Waals surface area contributed by atoms with Gasteiger partial charge in [-0.05, 0) is 50.1 Å². The number of carbonyl (C=O) groups is 2. The van der Waals surface area contributed by atoms with Crippen LogP contribution < -0.4 is 19.5 Å². The third kappa shape index (κ3) is 4.23. The van der Waals surface area contributed by atoms with Gasteiger partial charge in [-0.3, -0.25) is 9.59 Å². The van der Waals surface area contributed by atoms with Crippen molar-refractivity contribution in [2.24, 2.45) is 0 Å². The van der Waals surface area contributed by atoms with Crippen molar-refractivity contribution in [1.82, 2.24) is 9.88 Å². The Morgan fingerprint density at radius 2 is 2.06 bits per heavy atom. The van der Waals surface area contributed by atoms with Crippen molar-refractivity contribution in [2.45, 2.75) is 25.8 Å². The quantitative estimate of drug-likeness (QED) is 0.587. The van der Waals surface area contributed by atoms with E-state index >= 15 is 0 Å². The van der Waals surface area contributed by atoms with Crippen molar-refractivity contribution in [3.63, 3.8) is 0 Å². The van der Waals surface area contributed by atoms with E-state index in [1.165, 1.54) is 11.3 Å². The molecule has 33 heavy (non-hydrogen) atoms. The molecular weight excluding hydrogens is 442 g/mol. The molecule has 1 saturated heterocycles. The molecule has 1 unspecified atom stereocenters. The zero-order valence-corrected chi connectivity index (χ0v) is 18.9. The summed E-state index contributed by atoms with van der Waals surface area (Å²) < 4.78 is 16.4. The lowest BCUT2D eigenvalue weighted by Gasteiger charge is -2.24. The Kier molecular flexibility index (Phi) is 5.87. The molecule has 5 rings (SSSR count). The summed E-state index contributed by atoms with van der Waals surface area (Å²) in [6.07, 6.45) is 1.37.